The van der Waals surface area contributed by atoms with Crippen LogP contribution in [-0.4, -0.2) is 32.8 Å². The summed E-state index contributed by atoms with van der Waals surface area (Å²) in [5, 5.41) is 4.55. The van der Waals surface area contributed by atoms with Crippen LogP contribution in [0.15, 0.2) is 41.3 Å². The third-order valence-electron chi connectivity index (χ3n) is 5.56. The highest BCUT2D eigenvalue weighted by Crippen LogP contribution is 2.23. The average Bonchev–Trinajstić information content (AvgIpc) is 3.37. The lowest BCUT2D eigenvalue weighted by Crippen LogP contribution is -2.31. The number of hydrogen-bond donors (Lipinski definition) is 1. The third kappa shape index (κ3) is 4.50. The van der Waals surface area contributed by atoms with Gasteiger partial charge in [0.2, 0.25) is 5.95 Å². The van der Waals surface area contributed by atoms with E-state index in [1.807, 2.05) is 7.05 Å². The summed E-state index contributed by atoms with van der Waals surface area (Å²) in [7, 11) is 1.81. The van der Waals surface area contributed by atoms with Crippen LogP contribution in [0.1, 0.15) is 44.9 Å². The van der Waals surface area contributed by atoms with Crippen molar-refractivity contribution < 1.29 is 0 Å². The maximum Gasteiger partial charge on any atom is 0.278 e. The van der Waals surface area contributed by atoms with E-state index in [9.17, 15) is 4.79 Å². The number of rotatable bonds is 8. The molecule has 0 bridgehead atoms. The normalized spacial score (nSPS) is 13.6. The zero-order valence-corrected chi connectivity index (χ0v) is 18.9. The Labute approximate surface area is 183 Å². The van der Waals surface area contributed by atoms with Gasteiger partial charge in [0.1, 0.15) is 5.52 Å². The Kier molecular flexibility index (Phi) is 6.11. The first-order valence-electron chi connectivity index (χ1n) is 11.2. The van der Waals surface area contributed by atoms with Crippen molar-refractivity contribution in [2.75, 3.05) is 22.9 Å². The van der Waals surface area contributed by atoms with Gasteiger partial charge in [0.15, 0.2) is 5.52 Å². The predicted octanol–water partition coefficient (Wildman–Crippen LogP) is 4.00. The van der Waals surface area contributed by atoms with Crippen molar-refractivity contribution in [2.45, 2.75) is 46.6 Å². The average molecular weight is 421 g/mol. The third-order valence-corrected chi connectivity index (χ3v) is 5.56. The maximum absolute atomic E-state index is 12.9. The Morgan fingerprint density at radius 3 is 2.84 bits per heavy atom. The molecular weight excluding hydrogens is 388 g/mol. The number of nitrogens with one attached hydrogen (secondary N) is 1. The summed E-state index contributed by atoms with van der Waals surface area (Å²) < 4.78 is 1.65. The second kappa shape index (κ2) is 8.96. The first-order chi connectivity index (χ1) is 15.0. The number of H-pyrrole nitrogens is 1. The van der Waals surface area contributed by atoms with Gasteiger partial charge in [-0.3, -0.25) is 14.5 Å². The molecule has 0 unspecified atom stereocenters. The zero-order valence-electron chi connectivity index (χ0n) is 18.9. The summed E-state index contributed by atoms with van der Waals surface area (Å²) in [5.74, 6) is 1.04. The fraction of sp³-hybridized carbons (Fsp3) is 0.458. The molecule has 1 aliphatic heterocycles. The minimum absolute atomic E-state index is 0.137. The van der Waals surface area contributed by atoms with Gasteiger partial charge in [-0.25, -0.2) is 4.98 Å². The monoisotopic (exact) mass is 420 g/mol. The lowest BCUT2D eigenvalue weighted by atomic mass is 10.1. The lowest BCUT2D eigenvalue weighted by Gasteiger charge is -2.26. The molecule has 3 heterocycles. The van der Waals surface area contributed by atoms with Gasteiger partial charge in [-0.15, -0.1) is 0 Å². The number of hydrogen-bond acceptors (Lipinski definition) is 5. The first-order valence-corrected chi connectivity index (χ1v) is 11.2. The van der Waals surface area contributed by atoms with Crippen molar-refractivity contribution in [1.82, 2.24) is 19.7 Å². The summed E-state index contributed by atoms with van der Waals surface area (Å²) in [4.78, 5) is 25.3. The maximum atomic E-state index is 12.9. The van der Waals surface area contributed by atoms with Crippen molar-refractivity contribution in [3.05, 3.63) is 58.2 Å². The lowest BCUT2D eigenvalue weighted by molar-refractivity contribution is 0.599. The Bertz CT molecular complexity index is 1140. The van der Waals surface area contributed by atoms with Gasteiger partial charge in [-0.1, -0.05) is 45.4 Å². The Morgan fingerprint density at radius 2 is 2.13 bits per heavy atom. The summed E-state index contributed by atoms with van der Waals surface area (Å²) in [6.07, 6.45) is 7.20. The van der Waals surface area contributed by atoms with E-state index in [0.29, 0.717) is 29.4 Å². The van der Waals surface area contributed by atoms with E-state index in [2.05, 4.69) is 77.2 Å². The predicted molar refractivity (Wildman–Crippen MR) is 127 cm³/mol. The topological polar surface area (TPSA) is 70.1 Å². The van der Waals surface area contributed by atoms with Crippen molar-refractivity contribution in [3.63, 3.8) is 0 Å². The van der Waals surface area contributed by atoms with E-state index in [0.717, 1.165) is 38.0 Å². The van der Waals surface area contributed by atoms with Crippen molar-refractivity contribution in [2.24, 2.45) is 13.0 Å². The summed E-state index contributed by atoms with van der Waals surface area (Å²) in [5.41, 5.74) is 4.40. The van der Waals surface area contributed by atoms with E-state index >= 15 is 0 Å². The van der Waals surface area contributed by atoms with Crippen LogP contribution in [-0.2, 0) is 20.0 Å². The van der Waals surface area contributed by atoms with E-state index in [-0.39, 0.29) is 5.56 Å². The second-order valence-corrected chi connectivity index (χ2v) is 8.72. The molecule has 1 aliphatic rings. The van der Waals surface area contributed by atoms with Crippen LogP contribution < -0.4 is 15.4 Å². The fourth-order valence-electron chi connectivity index (χ4n) is 4.22. The molecule has 0 saturated carbocycles. The van der Waals surface area contributed by atoms with Gasteiger partial charge in [-0.05, 0) is 36.5 Å². The Balaban J connectivity index is 1.70. The van der Waals surface area contributed by atoms with Gasteiger partial charge < -0.3 is 9.80 Å². The van der Waals surface area contributed by atoms with Gasteiger partial charge >= 0.3 is 0 Å². The van der Waals surface area contributed by atoms with Crippen LogP contribution in [0.3, 0.4) is 0 Å². The quantitative estimate of drug-likeness (QED) is 0.597. The highest BCUT2D eigenvalue weighted by Gasteiger charge is 2.19. The number of benzene rings is 1. The highest BCUT2D eigenvalue weighted by molar-refractivity contribution is 5.77. The fourth-order valence-corrected chi connectivity index (χ4v) is 4.22. The van der Waals surface area contributed by atoms with Crippen LogP contribution in [0.25, 0.3) is 11.0 Å². The van der Waals surface area contributed by atoms with Gasteiger partial charge in [0, 0.05) is 38.6 Å². The van der Waals surface area contributed by atoms with Crippen LogP contribution in [0.2, 0.25) is 0 Å². The van der Waals surface area contributed by atoms with Gasteiger partial charge in [-0.2, -0.15) is 5.10 Å². The van der Waals surface area contributed by atoms with E-state index in [4.69, 9.17) is 4.98 Å². The minimum atomic E-state index is -0.137. The van der Waals surface area contributed by atoms with Crippen molar-refractivity contribution >= 4 is 22.7 Å². The van der Waals surface area contributed by atoms with Crippen LogP contribution in [0, 0.1) is 5.92 Å². The molecule has 164 valence electrons. The summed E-state index contributed by atoms with van der Waals surface area (Å²) in [6.45, 7) is 8.98. The first kappa shape index (κ1) is 21.2. The Morgan fingerprint density at radius 1 is 1.29 bits per heavy atom. The largest absolute Gasteiger partial charge is 0.348 e. The van der Waals surface area contributed by atoms with Crippen LogP contribution in [0.4, 0.5) is 11.6 Å². The van der Waals surface area contributed by atoms with Gasteiger partial charge in [0.05, 0.1) is 5.69 Å². The van der Waals surface area contributed by atoms with E-state index in [1.165, 1.54) is 11.3 Å². The van der Waals surface area contributed by atoms with Crippen molar-refractivity contribution in [3.8, 4) is 0 Å². The molecule has 7 heteroatoms. The molecule has 0 fully saturated rings. The summed E-state index contributed by atoms with van der Waals surface area (Å²) in [6, 6.07) is 8.61. The molecule has 31 heavy (non-hydrogen) atoms. The molecular formula is C24H32N6O. The number of nitrogens with zero attached hydrogens (tertiary/aromatic N) is 5. The van der Waals surface area contributed by atoms with E-state index in [1.54, 1.807) is 4.68 Å². The zero-order chi connectivity index (χ0) is 22.0. The molecule has 0 radical (unpaired) electrons. The van der Waals surface area contributed by atoms with Gasteiger partial charge in [0.25, 0.3) is 5.56 Å². The SMILES string of the molecule is CCCc1nn(C)c2c(=O)[nH]c(N(Cc3cccc(N4C=CCC4)c3)CC(C)C)nc12. The number of aromatic amines is 1. The molecule has 0 atom stereocenters. The standard InChI is InChI=1S/C24H32N6O/c1-5-9-20-21-22(28(4)27-20)23(31)26-24(25-21)30(15-17(2)3)16-18-10-8-11-19(14-18)29-12-6-7-13-29/h6,8,10-12,14,17H,5,7,9,13,15-16H2,1-4H3,(H,25,26,31). The van der Waals surface area contributed by atoms with Crippen molar-refractivity contribution in [1.29, 1.82) is 0 Å². The molecule has 2 aromatic heterocycles. The minimum Gasteiger partial charge on any atom is -0.348 e. The number of aryl methyl sites for hydroxylation is 2. The second-order valence-electron chi connectivity index (χ2n) is 8.72. The molecule has 3 aromatic rings. The highest BCUT2D eigenvalue weighted by atomic mass is 16.1. The van der Waals surface area contributed by atoms with Crippen LogP contribution >= 0.6 is 0 Å². The Hall–Kier alpha value is -3.09. The summed E-state index contributed by atoms with van der Waals surface area (Å²) >= 11 is 0. The molecule has 1 N–H and O–H groups in total. The molecule has 1 aromatic carbocycles. The molecule has 0 aliphatic carbocycles. The molecule has 0 spiro atoms. The molecule has 0 amide bonds. The molecule has 0 saturated heterocycles. The molecule has 4 rings (SSSR count). The number of aromatic nitrogens is 4. The van der Waals surface area contributed by atoms with Crippen LogP contribution in [0.5, 0.6) is 0 Å². The molecule has 7 nitrogen and oxygen atoms in total. The number of fused-ring (bicyclic) bond motifs is 1. The van der Waals surface area contributed by atoms with E-state index < -0.39 is 0 Å². The smallest absolute Gasteiger partial charge is 0.278 e. The number of anilines is 2.